The molecule has 0 atom stereocenters. The molecule has 3 nitrogen and oxygen atoms in total. The van der Waals surface area contributed by atoms with Gasteiger partial charge in [-0.3, -0.25) is 4.79 Å². The molecule has 0 fully saturated rings. The Bertz CT molecular complexity index is 453. The molecule has 0 N–H and O–H groups in total. The maximum Gasteiger partial charge on any atom is 0.454 e. The summed E-state index contributed by atoms with van der Waals surface area (Å²) >= 11 is 0. The summed E-state index contributed by atoms with van der Waals surface area (Å²) in [6.45, 7) is 0. The summed E-state index contributed by atoms with van der Waals surface area (Å²) in [6, 6.07) is 1.89. The Morgan fingerprint density at radius 3 is 2.31 bits per heavy atom. The Hall–Kier alpha value is -1.79. The molecule has 1 rings (SSSR count). The fourth-order valence-corrected chi connectivity index (χ4v) is 1.06. The third kappa shape index (κ3) is 2.41. The van der Waals surface area contributed by atoms with Crippen LogP contribution in [0.1, 0.15) is 10.4 Å². The maximum absolute atomic E-state index is 12.9. The fraction of sp³-hybridized carbons (Fsp3) is 0.222. The molecule has 0 saturated carbocycles. The van der Waals surface area contributed by atoms with Gasteiger partial charge in [0.2, 0.25) is 0 Å². The number of halogens is 4. The molecule has 1 aromatic carbocycles. The second-order valence-corrected chi connectivity index (χ2v) is 2.99. The van der Waals surface area contributed by atoms with Gasteiger partial charge in [0.15, 0.2) is 12.9 Å². The highest BCUT2D eigenvalue weighted by molar-refractivity contribution is 6.00. The predicted molar refractivity (Wildman–Crippen MR) is 46.0 cm³/mol. The molecule has 7 heteroatoms. The van der Waals surface area contributed by atoms with Crippen molar-refractivity contribution in [1.29, 1.82) is 0 Å². The third-order valence-electron chi connectivity index (χ3n) is 1.81. The van der Waals surface area contributed by atoms with E-state index >= 15 is 0 Å². The number of nitrogens with zero attached hydrogens (tertiary/aromatic N) is 1. The first-order chi connectivity index (χ1) is 7.23. The summed E-state index contributed by atoms with van der Waals surface area (Å²) in [5.41, 5.74) is -1.39. The summed E-state index contributed by atoms with van der Waals surface area (Å²) in [5.74, 6) is -3.10. The molecule has 0 aliphatic heterocycles. The van der Waals surface area contributed by atoms with Gasteiger partial charge in [-0.05, 0) is 12.1 Å². The van der Waals surface area contributed by atoms with Crippen molar-refractivity contribution in [3.05, 3.63) is 34.5 Å². The summed E-state index contributed by atoms with van der Waals surface area (Å²) < 4.78 is 49.1. The summed E-state index contributed by atoms with van der Waals surface area (Å²) in [7, 11) is 0.917. The van der Waals surface area contributed by atoms with Crippen molar-refractivity contribution in [3.8, 4) is 0 Å². The van der Waals surface area contributed by atoms with Gasteiger partial charge in [-0.25, -0.2) is 0 Å². The number of Topliss-reactive ketones (excluding diaryl/α,β-unsaturated/α-hetero) is 1. The number of carbonyl (C=O) groups excluding carboxylic acids is 1. The maximum atomic E-state index is 12.9. The van der Waals surface area contributed by atoms with Gasteiger partial charge >= 0.3 is 6.18 Å². The summed E-state index contributed by atoms with van der Waals surface area (Å²) in [6.07, 6.45) is -5.05. The topological polar surface area (TPSA) is 37.1 Å². The lowest BCUT2D eigenvalue weighted by molar-refractivity contribution is -0.430. The van der Waals surface area contributed by atoms with Crippen LogP contribution in [0.4, 0.5) is 23.2 Å². The van der Waals surface area contributed by atoms with Crippen molar-refractivity contribution in [1.82, 2.24) is 0 Å². The van der Waals surface area contributed by atoms with E-state index in [4.69, 9.17) is 0 Å². The monoisotopic (exact) mass is 236 g/mol. The van der Waals surface area contributed by atoms with Crippen LogP contribution in [-0.2, 0) is 0 Å². The smallest absolute Gasteiger partial charge is 0.284 e. The van der Waals surface area contributed by atoms with Gasteiger partial charge in [0.1, 0.15) is 0 Å². The van der Waals surface area contributed by atoms with E-state index < -0.39 is 29.0 Å². The number of hydrogen-bond donors (Lipinski definition) is 0. The van der Waals surface area contributed by atoms with Crippen LogP contribution in [0.25, 0.3) is 0 Å². The van der Waals surface area contributed by atoms with E-state index in [1.165, 1.54) is 0 Å². The van der Waals surface area contributed by atoms with E-state index in [1.54, 1.807) is 0 Å². The van der Waals surface area contributed by atoms with Gasteiger partial charge in [0.25, 0.3) is 11.5 Å². The highest BCUT2D eigenvalue weighted by Gasteiger charge is 2.40. The van der Waals surface area contributed by atoms with Crippen LogP contribution in [0.2, 0.25) is 0 Å². The zero-order chi connectivity index (χ0) is 12.5. The van der Waals surface area contributed by atoms with Crippen LogP contribution in [0.3, 0.4) is 0 Å². The quantitative estimate of drug-likeness (QED) is 0.449. The van der Waals surface area contributed by atoms with E-state index in [9.17, 15) is 27.3 Å². The average molecular weight is 236 g/mol. The van der Waals surface area contributed by atoms with E-state index in [0.717, 1.165) is 7.05 Å². The molecule has 0 radical (unpaired) electrons. The van der Waals surface area contributed by atoms with Gasteiger partial charge in [0, 0.05) is 21.3 Å². The molecule has 0 amide bonds. The second-order valence-electron chi connectivity index (χ2n) is 2.99. The van der Waals surface area contributed by atoms with Gasteiger partial charge < -0.3 is 0 Å². The van der Waals surface area contributed by atoms with E-state index in [1.807, 2.05) is 0 Å². The van der Waals surface area contributed by atoms with Gasteiger partial charge in [-0.1, -0.05) is 0 Å². The van der Waals surface area contributed by atoms with E-state index in [-0.39, 0.29) is 4.76 Å². The van der Waals surface area contributed by atoms with Crippen LogP contribution in [-0.4, -0.2) is 23.8 Å². The molecular weight excluding hydrogens is 230 g/mol. The average Bonchev–Trinajstić information content (AvgIpc) is 2.15. The van der Waals surface area contributed by atoms with Crippen molar-refractivity contribution < 1.29 is 27.1 Å². The first-order valence-electron chi connectivity index (χ1n) is 4.05. The molecular formula is C9H6F4NO2+. The highest BCUT2D eigenvalue weighted by atomic mass is 19.4. The zero-order valence-corrected chi connectivity index (χ0v) is 8.01. The highest BCUT2D eigenvalue weighted by Crippen LogP contribution is 2.25. The van der Waals surface area contributed by atoms with Crippen LogP contribution >= 0.6 is 0 Å². The lowest BCUT2D eigenvalue weighted by Gasteiger charge is -2.04. The Morgan fingerprint density at radius 2 is 1.88 bits per heavy atom. The zero-order valence-electron chi connectivity index (χ0n) is 8.01. The molecule has 0 bridgehead atoms. The molecule has 0 heterocycles. The molecule has 0 aromatic heterocycles. The van der Waals surface area contributed by atoms with Crippen LogP contribution in [0, 0.1) is 10.7 Å². The number of hydrogen-bond acceptors (Lipinski definition) is 2. The predicted octanol–water partition coefficient (Wildman–Crippen LogP) is 2.61. The van der Waals surface area contributed by atoms with E-state index in [2.05, 4.69) is 0 Å². The van der Waals surface area contributed by atoms with Gasteiger partial charge in [-0.2, -0.15) is 17.6 Å². The number of rotatable bonds is 2. The van der Waals surface area contributed by atoms with E-state index in [0.29, 0.717) is 18.2 Å². The van der Waals surface area contributed by atoms with Crippen LogP contribution < -0.4 is 0 Å². The van der Waals surface area contributed by atoms with Crippen molar-refractivity contribution >= 4 is 11.5 Å². The Labute approximate surface area is 87.3 Å². The number of nitroso groups, excluding NO2 is 1. The fourth-order valence-electron chi connectivity index (χ4n) is 1.06. The number of ketones is 1. The molecule has 86 valence electrons. The number of benzene rings is 1. The summed E-state index contributed by atoms with van der Waals surface area (Å²) in [4.78, 5) is 21.6. The van der Waals surface area contributed by atoms with Gasteiger partial charge in [-0.15, -0.1) is 0 Å². The minimum absolute atomic E-state index is 0.0441. The third-order valence-corrected chi connectivity index (χ3v) is 1.81. The Balaban J connectivity index is 3.24. The second kappa shape index (κ2) is 3.99. The lowest BCUT2D eigenvalue weighted by Crippen LogP contribution is -2.22. The van der Waals surface area contributed by atoms with Crippen LogP contribution in [0.15, 0.2) is 18.2 Å². The molecule has 0 unspecified atom stereocenters. The molecule has 16 heavy (non-hydrogen) atoms. The lowest BCUT2D eigenvalue weighted by atomic mass is 10.1. The first kappa shape index (κ1) is 12.3. The van der Waals surface area contributed by atoms with Crippen molar-refractivity contribution in [3.63, 3.8) is 0 Å². The van der Waals surface area contributed by atoms with Crippen molar-refractivity contribution in [2.45, 2.75) is 6.18 Å². The molecule has 0 aliphatic carbocycles. The number of carbonyl (C=O) groups is 1. The molecule has 0 saturated heterocycles. The Kier molecular flexibility index (Phi) is 3.06. The summed E-state index contributed by atoms with van der Waals surface area (Å²) in [5, 5.41) is 0. The largest absolute Gasteiger partial charge is 0.454 e. The normalized spacial score (nSPS) is 11.3. The SMILES string of the molecule is C[N+](=O)c1cc(C(=O)C(F)(F)F)ccc1F. The molecule has 0 spiro atoms. The minimum atomic E-state index is -5.05. The first-order valence-corrected chi connectivity index (χ1v) is 4.05. The Morgan fingerprint density at radius 1 is 1.31 bits per heavy atom. The molecule has 1 aromatic rings. The standard InChI is InChI=1S/C9H6F4NO2/c1-14(16)7-4-5(2-3-6(7)10)8(15)9(11,12)13/h2-4H,1H3/q+1. The minimum Gasteiger partial charge on any atom is -0.284 e. The number of alkyl halides is 3. The van der Waals surface area contributed by atoms with Gasteiger partial charge in [0.05, 0.1) is 0 Å². The van der Waals surface area contributed by atoms with Crippen molar-refractivity contribution in [2.24, 2.45) is 0 Å². The van der Waals surface area contributed by atoms with Crippen LogP contribution in [0.5, 0.6) is 0 Å². The molecule has 0 aliphatic rings. The van der Waals surface area contributed by atoms with Crippen molar-refractivity contribution in [2.75, 3.05) is 7.05 Å².